The molecule has 3 heterocycles. The molecule has 0 radical (unpaired) electrons. The third kappa shape index (κ3) is 2.77. The first-order chi connectivity index (χ1) is 11.6. The number of halogens is 2. The molecule has 4 rings (SSSR count). The number of nitrogens with zero attached hydrogens (tertiary/aromatic N) is 2. The summed E-state index contributed by atoms with van der Waals surface area (Å²) in [7, 11) is 0. The van der Waals surface area contributed by atoms with Crippen LogP contribution in [-0.4, -0.2) is 28.1 Å². The number of carbonyl (C=O) groups is 1. The molecule has 2 aliphatic rings. The van der Waals surface area contributed by atoms with Crippen molar-refractivity contribution in [2.75, 3.05) is 5.32 Å². The third-order valence-electron chi connectivity index (χ3n) is 4.69. The Morgan fingerprint density at radius 2 is 2.00 bits per heavy atom. The minimum Gasteiger partial charge on any atom is -0.373 e. The van der Waals surface area contributed by atoms with Gasteiger partial charge in [-0.25, -0.2) is 0 Å². The highest BCUT2D eigenvalue weighted by Gasteiger charge is 2.53. The molecular formula is C17H15Cl2N3O2. The summed E-state index contributed by atoms with van der Waals surface area (Å²) in [6, 6.07) is 5.04. The quantitative estimate of drug-likeness (QED) is 0.903. The predicted octanol–water partition coefficient (Wildman–Crippen LogP) is 3.68. The maximum atomic E-state index is 12.9. The number of rotatable bonds is 3. The molecule has 0 unspecified atom stereocenters. The zero-order valence-corrected chi connectivity index (χ0v) is 14.2. The van der Waals surface area contributed by atoms with Gasteiger partial charge in [-0.3, -0.25) is 14.8 Å². The molecule has 5 nitrogen and oxygen atoms in total. The third-order valence-corrected chi connectivity index (χ3v) is 5.43. The van der Waals surface area contributed by atoms with Gasteiger partial charge >= 0.3 is 0 Å². The van der Waals surface area contributed by atoms with Crippen molar-refractivity contribution in [2.45, 2.75) is 31.0 Å². The van der Waals surface area contributed by atoms with Crippen molar-refractivity contribution in [3.63, 3.8) is 0 Å². The summed E-state index contributed by atoms with van der Waals surface area (Å²) >= 11 is 11.9. The lowest BCUT2D eigenvalue weighted by Crippen LogP contribution is -2.36. The van der Waals surface area contributed by atoms with Gasteiger partial charge < -0.3 is 10.1 Å². The van der Waals surface area contributed by atoms with Crippen LogP contribution in [0.25, 0.3) is 0 Å². The summed E-state index contributed by atoms with van der Waals surface area (Å²) in [5, 5.41) is 3.79. The molecule has 2 aliphatic heterocycles. The van der Waals surface area contributed by atoms with Crippen LogP contribution in [0, 0.1) is 5.92 Å². The van der Waals surface area contributed by atoms with Crippen molar-refractivity contribution in [3.05, 3.63) is 52.5 Å². The van der Waals surface area contributed by atoms with Gasteiger partial charge in [-0.05, 0) is 31.0 Å². The second-order valence-corrected chi connectivity index (χ2v) is 6.90. The van der Waals surface area contributed by atoms with Crippen LogP contribution in [0.3, 0.4) is 0 Å². The summed E-state index contributed by atoms with van der Waals surface area (Å²) < 4.78 is 5.98. The van der Waals surface area contributed by atoms with E-state index in [4.69, 9.17) is 27.9 Å². The Morgan fingerprint density at radius 1 is 1.17 bits per heavy atom. The van der Waals surface area contributed by atoms with Crippen molar-refractivity contribution in [1.29, 1.82) is 0 Å². The molecular weight excluding hydrogens is 349 g/mol. The second kappa shape index (κ2) is 6.31. The maximum Gasteiger partial charge on any atom is 0.230 e. The number of carbonyl (C=O) groups excluding carboxylic acids is 1. The number of fused-ring (bicyclic) bond motifs is 2. The van der Waals surface area contributed by atoms with Gasteiger partial charge in [0.15, 0.2) is 0 Å². The Labute approximate surface area is 149 Å². The van der Waals surface area contributed by atoms with Gasteiger partial charge in [-0.1, -0.05) is 23.2 Å². The number of aromatic nitrogens is 2. The molecule has 1 aromatic heterocycles. The van der Waals surface area contributed by atoms with E-state index < -0.39 is 0 Å². The fraction of sp³-hybridized carbons (Fsp3) is 0.353. The van der Waals surface area contributed by atoms with E-state index in [-0.39, 0.29) is 30.0 Å². The molecule has 1 aromatic carbocycles. The van der Waals surface area contributed by atoms with E-state index in [1.807, 2.05) is 0 Å². The Bertz CT molecular complexity index is 772. The zero-order chi connectivity index (χ0) is 16.7. The Hall–Kier alpha value is -1.69. The predicted molar refractivity (Wildman–Crippen MR) is 91.2 cm³/mol. The minimum atomic E-state index is -0.282. The lowest BCUT2D eigenvalue weighted by molar-refractivity contribution is -0.121. The fourth-order valence-electron chi connectivity index (χ4n) is 3.67. The molecule has 0 saturated carbocycles. The maximum absolute atomic E-state index is 12.9. The average molecular weight is 364 g/mol. The van der Waals surface area contributed by atoms with Crippen LogP contribution >= 0.6 is 23.2 Å². The van der Waals surface area contributed by atoms with Crippen LogP contribution in [0.1, 0.15) is 24.5 Å². The van der Waals surface area contributed by atoms with E-state index >= 15 is 0 Å². The van der Waals surface area contributed by atoms with Gasteiger partial charge in [-0.15, -0.1) is 0 Å². The normalized spacial score (nSPS) is 28.1. The summed E-state index contributed by atoms with van der Waals surface area (Å²) in [6.45, 7) is 0. The topological polar surface area (TPSA) is 64.1 Å². The van der Waals surface area contributed by atoms with Gasteiger partial charge in [-0.2, -0.15) is 0 Å². The zero-order valence-electron chi connectivity index (χ0n) is 12.7. The minimum absolute atomic E-state index is 0.0243. The van der Waals surface area contributed by atoms with Gasteiger partial charge in [0, 0.05) is 30.2 Å². The van der Waals surface area contributed by atoms with E-state index in [0.29, 0.717) is 15.7 Å². The van der Waals surface area contributed by atoms with Crippen molar-refractivity contribution >= 4 is 34.8 Å². The first-order valence-corrected chi connectivity index (χ1v) is 8.56. The number of hydrogen-bond acceptors (Lipinski definition) is 4. The Balaban J connectivity index is 1.59. The number of anilines is 1. The standard InChI is InChI=1S/C17H15Cl2N3O2/c18-10-2-1-9(7-11(10)19)22-17(23)16-14-4-3-13(24-14)15(16)12-8-20-5-6-21-12/h1-2,5-8,13-16H,3-4H2,(H,22,23)/t13-,14+,15+,16-/m0/s1. The number of hydrogen-bond donors (Lipinski definition) is 1. The number of nitrogens with one attached hydrogen (secondary N) is 1. The van der Waals surface area contributed by atoms with E-state index in [0.717, 1.165) is 18.5 Å². The largest absolute Gasteiger partial charge is 0.373 e. The molecule has 124 valence electrons. The summed E-state index contributed by atoms with van der Waals surface area (Å²) in [4.78, 5) is 21.4. The van der Waals surface area contributed by atoms with Gasteiger partial charge in [0.1, 0.15) is 0 Å². The van der Waals surface area contributed by atoms with Crippen LogP contribution in [0.2, 0.25) is 10.0 Å². The van der Waals surface area contributed by atoms with Crippen molar-refractivity contribution in [1.82, 2.24) is 9.97 Å². The highest BCUT2D eigenvalue weighted by Crippen LogP contribution is 2.48. The number of ether oxygens (including phenoxy) is 1. The summed E-state index contributed by atoms with van der Waals surface area (Å²) in [6.07, 6.45) is 6.77. The molecule has 0 aliphatic carbocycles. The van der Waals surface area contributed by atoms with Gasteiger partial charge in [0.2, 0.25) is 5.91 Å². The first-order valence-electron chi connectivity index (χ1n) is 7.81. The molecule has 2 aromatic rings. The molecule has 4 atom stereocenters. The van der Waals surface area contributed by atoms with E-state index in [1.54, 1.807) is 36.8 Å². The van der Waals surface area contributed by atoms with Gasteiger partial charge in [0.05, 0.1) is 33.9 Å². The van der Waals surface area contributed by atoms with Crippen molar-refractivity contribution in [3.8, 4) is 0 Å². The lowest BCUT2D eigenvalue weighted by atomic mass is 9.77. The van der Waals surface area contributed by atoms with E-state index in [9.17, 15) is 4.79 Å². The van der Waals surface area contributed by atoms with Crippen LogP contribution in [0.4, 0.5) is 5.69 Å². The van der Waals surface area contributed by atoms with Gasteiger partial charge in [0.25, 0.3) is 0 Å². The molecule has 2 fully saturated rings. The lowest BCUT2D eigenvalue weighted by Gasteiger charge is -2.26. The SMILES string of the molecule is O=C(Nc1ccc(Cl)c(Cl)c1)[C@@H]1[C@H](c2cnccn2)[C@@H]2CC[C@H]1O2. The monoisotopic (exact) mass is 363 g/mol. The summed E-state index contributed by atoms with van der Waals surface area (Å²) in [5.74, 6) is -0.439. The Morgan fingerprint density at radius 3 is 2.75 bits per heavy atom. The van der Waals surface area contributed by atoms with Crippen LogP contribution < -0.4 is 5.32 Å². The van der Waals surface area contributed by atoms with E-state index in [1.165, 1.54) is 0 Å². The van der Waals surface area contributed by atoms with Crippen LogP contribution in [0.15, 0.2) is 36.8 Å². The van der Waals surface area contributed by atoms with Crippen molar-refractivity contribution < 1.29 is 9.53 Å². The first kappa shape index (κ1) is 15.8. The Kier molecular flexibility index (Phi) is 4.16. The molecule has 1 N–H and O–H groups in total. The number of amides is 1. The second-order valence-electron chi connectivity index (χ2n) is 6.09. The molecule has 7 heteroatoms. The molecule has 2 saturated heterocycles. The molecule has 0 spiro atoms. The molecule has 24 heavy (non-hydrogen) atoms. The van der Waals surface area contributed by atoms with Crippen LogP contribution in [-0.2, 0) is 9.53 Å². The number of benzene rings is 1. The average Bonchev–Trinajstić information content (AvgIpc) is 3.20. The van der Waals surface area contributed by atoms with Crippen LogP contribution in [0.5, 0.6) is 0 Å². The molecule has 1 amide bonds. The summed E-state index contributed by atoms with van der Waals surface area (Å²) in [5.41, 5.74) is 1.43. The highest BCUT2D eigenvalue weighted by molar-refractivity contribution is 6.42. The van der Waals surface area contributed by atoms with E-state index in [2.05, 4.69) is 15.3 Å². The fourth-order valence-corrected chi connectivity index (χ4v) is 3.97. The highest BCUT2D eigenvalue weighted by atomic mass is 35.5. The van der Waals surface area contributed by atoms with Crippen molar-refractivity contribution in [2.24, 2.45) is 5.92 Å². The smallest absolute Gasteiger partial charge is 0.230 e. The molecule has 2 bridgehead atoms.